The van der Waals surface area contributed by atoms with E-state index in [2.05, 4.69) is 49.7 Å². The molecule has 2 rings (SSSR count). The lowest BCUT2D eigenvalue weighted by Crippen LogP contribution is -2.60. The molecule has 2 saturated heterocycles. The molecule has 0 spiro atoms. The molecule has 2 heterocycles. The zero-order valence-electron chi connectivity index (χ0n) is 12.9. The lowest BCUT2D eigenvalue weighted by molar-refractivity contribution is 0.0296. The minimum Gasteiger partial charge on any atom is -0.310 e. The van der Waals surface area contributed by atoms with Crippen molar-refractivity contribution in [1.82, 2.24) is 15.1 Å². The zero-order chi connectivity index (χ0) is 13.4. The molecule has 18 heavy (non-hydrogen) atoms. The Bertz CT molecular complexity index is 262. The van der Waals surface area contributed by atoms with Gasteiger partial charge in [-0.15, -0.1) is 0 Å². The summed E-state index contributed by atoms with van der Waals surface area (Å²) < 4.78 is 0. The first-order valence-corrected chi connectivity index (χ1v) is 7.52. The average Bonchev–Trinajstić information content (AvgIpc) is 2.28. The number of hydrogen-bond acceptors (Lipinski definition) is 3. The monoisotopic (exact) mass is 253 g/mol. The molecule has 1 unspecified atom stereocenters. The molecule has 3 heteroatoms. The van der Waals surface area contributed by atoms with Crippen molar-refractivity contribution in [3.8, 4) is 0 Å². The van der Waals surface area contributed by atoms with Crippen LogP contribution in [0.1, 0.15) is 47.5 Å². The van der Waals surface area contributed by atoms with Gasteiger partial charge in [0.05, 0.1) is 0 Å². The number of piperidine rings is 1. The number of piperazine rings is 1. The molecule has 0 saturated carbocycles. The highest BCUT2D eigenvalue weighted by atomic mass is 15.3. The van der Waals surface area contributed by atoms with Crippen molar-refractivity contribution in [2.45, 2.75) is 64.6 Å². The van der Waals surface area contributed by atoms with E-state index in [0.29, 0.717) is 11.1 Å². The smallest absolute Gasteiger partial charge is 0.0222 e. The molecule has 0 aromatic carbocycles. The Morgan fingerprint density at radius 3 is 2.11 bits per heavy atom. The van der Waals surface area contributed by atoms with Crippen LogP contribution in [0.5, 0.6) is 0 Å². The summed E-state index contributed by atoms with van der Waals surface area (Å²) >= 11 is 0. The fourth-order valence-corrected chi connectivity index (χ4v) is 3.18. The fraction of sp³-hybridized carbons (Fsp3) is 1.00. The second-order valence-corrected chi connectivity index (χ2v) is 7.65. The summed E-state index contributed by atoms with van der Waals surface area (Å²) in [5, 5.41) is 3.69. The van der Waals surface area contributed by atoms with Crippen molar-refractivity contribution in [1.29, 1.82) is 0 Å². The van der Waals surface area contributed by atoms with Gasteiger partial charge in [-0.3, -0.25) is 9.80 Å². The van der Waals surface area contributed by atoms with Crippen LogP contribution >= 0.6 is 0 Å². The van der Waals surface area contributed by atoms with Gasteiger partial charge in [0, 0.05) is 49.8 Å². The van der Waals surface area contributed by atoms with Gasteiger partial charge in [0.15, 0.2) is 0 Å². The maximum atomic E-state index is 3.69. The van der Waals surface area contributed by atoms with Crippen LogP contribution in [0, 0.1) is 0 Å². The van der Waals surface area contributed by atoms with Crippen LogP contribution in [-0.4, -0.2) is 59.6 Å². The molecule has 0 radical (unpaired) electrons. The standard InChI is InChI=1S/C15H31N3/c1-14(2,3)18-10-8-17(9-11-18)13-6-7-15(4,5)16-12-13/h13,16H,6-12H2,1-5H3. The number of rotatable bonds is 1. The summed E-state index contributed by atoms with van der Waals surface area (Å²) in [4.78, 5) is 5.31. The molecule has 2 aliphatic heterocycles. The van der Waals surface area contributed by atoms with E-state index in [1.807, 2.05) is 0 Å². The van der Waals surface area contributed by atoms with Crippen LogP contribution in [-0.2, 0) is 0 Å². The van der Waals surface area contributed by atoms with Crippen LogP contribution in [0.4, 0.5) is 0 Å². The van der Waals surface area contributed by atoms with E-state index >= 15 is 0 Å². The van der Waals surface area contributed by atoms with Crippen molar-refractivity contribution >= 4 is 0 Å². The van der Waals surface area contributed by atoms with Crippen molar-refractivity contribution < 1.29 is 0 Å². The van der Waals surface area contributed by atoms with Gasteiger partial charge in [0.25, 0.3) is 0 Å². The molecule has 0 aromatic heterocycles. The number of nitrogens with one attached hydrogen (secondary N) is 1. The zero-order valence-corrected chi connectivity index (χ0v) is 12.9. The van der Waals surface area contributed by atoms with E-state index < -0.39 is 0 Å². The topological polar surface area (TPSA) is 18.5 Å². The Hall–Kier alpha value is -0.120. The maximum absolute atomic E-state index is 3.69. The molecule has 0 aromatic rings. The van der Waals surface area contributed by atoms with Crippen molar-refractivity contribution in [3.05, 3.63) is 0 Å². The largest absolute Gasteiger partial charge is 0.310 e. The Morgan fingerprint density at radius 2 is 1.67 bits per heavy atom. The van der Waals surface area contributed by atoms with Crippen LogP contribution in [0.15, 0.2) is 0 Å². The van der Waals surface area contributed by atoms with Gasteiger partial charge in [0.1, 0.15) is 0 Å². The molecule has 0 aliphatic carbocycles. The van der Waals surface area contributed by atoms with Crippen LogP contribution in [0.3, 0.4) is 0 Å². The summed E-state index contributed by atoms with van der Waals surface area (Å²) in [6, 6.07) is 0.764. The summed E-state index contributed by atoms with van der Waals surface area (Å²) in [7, 11) is 0. The van der Waals surface area contributed by atoms with E-state index in [0.717, 1.165) is 6.04 Å². The Morgan fingerprint density at radius 1 is 1.06 bits per heavy atom. The van der Waals surface area contributed by atoms with E-state index in [-0.39, 0.29) is 0 Å². The highest BCUT2D eigenvalue weighted by Gasteiger charge is 2.32. The van der Waals surface area contributed by atoms with E-state index in [1.165, 1.54) is 45.6 Å². The molecule has 0 bridgehead atoms. The minimum absolute atomic E-state index is 0.332. The summed E-state index contributed by atoms with van der Waals surface area (Å²) in [6.07, 6.45) is 2.66. The minimum atomic E-state index is 0.332. The number of hydrogen-bond donors (Lipinski definition) is 1. The van der Waals surface area contributed by atoms with Crippen LogP contribution in [0.2, 0.25) is 0 Å². The average molecular weight is 253 g/mol. The first kappa shape index (κ1) is 14.3. The van der Waals surface area contributed by atoms with Gasteiger partial charge in [-0.05, 0) is 47.5 Å². The Kier molecular flexibility index (Phi) is 4.05. The third-order valence-corrected chi connectivity index (χ3v) is 4.70. The Balaban J connectivity index is 1.80. The highest BCUT2D eigenvalue weighted by Crippen LogP contribution is 2.23. The molecule has 1 N–H and O–H groups in total. The molecule has 1 atom stereocenters. The van der Waals surface area contributed by atoms with Crippen LogP contribution in [0.25, 0.3) is 0 Å². The first-order valence-electron chi connectivity index (χ1n) is 7.52. The molecular formula is C15H31N3. The van der Waals surface area contributed by atoms with E-state index in [9.17, 15) is 0 Å². The van der Waals surface area contributed by atoms with Gasteiger partial charge < -0.3 is 5.32 Å². The number of nitrogens with zero attached hydrogens (tertiary/aromatic N) is 2. The predicted octanol–water partition coefficient (Wildman–Crippen LogP) is 1.93. The molecule has 106 valence electrons. The maximum Gasteiger partial charge on any atom is 0.0222 e. The van der Waals surface area contributed by atoms with Crippen molar-refractivity contribution in [2.75, 3.05) is 32.7 Å². The second kappa shape index (κ2) is 5.10. The normalized spacial score (nSPS) is 31.5. The predicted molar refractivity (Wildman–Crippen MR) is 78.0 cm³/mol. The lowest BCUT2D eigenvalue weighted by atomic mass is 9.90. The second-order valence-electron chi connectivity index (χ2n) is 7.65. The van der Waals surface area contributed by atoms with Gasteiger partial charge in [-0.25, -0.2) is 0 Å². The van der Waals surface area contributed by atoms with Crippen molar-refractivity contribution in [2.24, 2.45) is 0 Å². The van der Waals surface area contributed by atoms with E-state index in [4.69, 9.17) is 0 Å². The quantitative estimate of drug-likeness (QED) is 0.770. The van der Waals surface area contributed by atoms with Crippen molar-refractivity contribution in [3.63, 3.8) is 0 Å². The summed E-state index contributed by atoms with van der Waals surface area (Å²) in [5.41, 5.74) is 0.683. The Labute approximate surface area is 113 Å². The highest BCUT2D eigenvalue weighted by molar-refractivity contribution is 4.92. The van der Waals surface area contributed by atoms with Crippen LogP contribution < -0.4 is 5.32 Å². The van der Waals surface area contributed by atoms with Gasteiger partial charge >= 0.3 is 0 Å². The summed E-state index contributed by atoms with van der Waals surface area (Å²) in [6.45, 7) is 17.7. The third-order valence-electron chi connectivity index (χ3n) is 4.70. The SMILES string of the molecule is CC1(C)CCC(N2CCN(C(C)(C)C)CC2)CN1. The van der Waals surface area contributed by atoms with E-state index in [1.54, 1.807) is 0 Å². The summed E-state index contributed by atoms with van der Waals surface area (Å²) in [5.74, 6) is 0. The molecule has 2 fully saturated rings. The van der Waals surface area contributed by atoms with Gasteiger partial charge in [-0.1, -0.05) is 0 Å². The fourth-order valence-electron chi connectivity index (χ4n) is 3.18. The molecule has 2 aliphatic rings. The lowest BCUT2D eigenvalue weighted by Gasteiger charge is -2.47. The van der Waals surface area contributed by atoms with Gasteiger partial charge in [0.2, 0.25) is 0 Å². The van der Waals surface area contributed by atoms with Gasteiger partial charge in [-0.2, -0.15) is 0 Å². The molecular weight excluding hydrogens is 222 g/mol. The molecule has 3 nitrogen and oxygen atoms in total. The first-order chi connectivity index (χ1) is 8.28. The molecule has 0 amide bonds. The third kappa shape index (κ3) is 3.46.